The van der Waals surface area contributed by atoms with Crippen molar-refractivity contribution in [1.29, 1.82) is 5.41 Å². The number of hydrogen-bond donors (Lipinski definition) is 3. The first-order valence-corrected chi connectivity index (χ1v) is 13.7. The average molecular weight is 516 g/mol. The molecule has 1 amide bonds. The molecule has 3 rings (SSSR count). The molecule has 0 bridgehead atoms. The average Bonchev–Trinajstić information content (AvgIpc) is 3.20. The largest absolute Gasteiger partial charge is 0.493 e. The molecule has 0 radical (unpaired) electrons. The number of alkyl carbamates (subject to hydrolysis) is 1. The van der Waals surface area contributed by atoms with Gasteiger partial charge in [0.25, 0.3) is 0 Å². The van der Waals surface area contributed by atoms with Crippen molar-refractivity contribution in [3.8, 4) is 5.75 Å². The van der Waals surface area contributed by atoms with Crippen LogP contribution in [0.1, 0.15) is 77.0 Å². The number of carbonyl (C=O) groups excluding carboxylic acids is 1. The second-order valence-corrected chi connectivity index (χ2v) is 12.5. The second-order valence-electron chi connectivity index (χ2n) is 10.7. The zero-order chi connectivity index (χ0) is 26.7. The lowest BCUT2D eigenvalue weighted by molar-refractivity contribution is 0.0563. The van der Waals surface area contributed by atoms with E-state index in [1.165, 1.54) is 0 Å². The van der Waals surface area contributed by atoms with Crippen LogP contribution >= 0.6 is 0 Å². The van der Waals surface area contributed by atoms with Crippen LogP contribution in [0.4, 0.5) is 4.79 Å². The van der Waals surface area contributed by atoms with Crippen LogP contribution in [-0.4, -0.2) is 39.1 Å². The summed E-state index contributed by atoms with van der Waals surface area (Å²) in [4.78, 5) is 12.3. The van der Waals surface area contributed by atoms with Crippen molar-refractivity contribution in [1.82, 2.24) is 10.0 Å². The molecule has 1 heterocycles. The van der Waals surface area contributed by atoms with Crippen LogP contribution in [0, 0.1) is 5.41 Å². The first kappa shape index (κ1) is 27.7. The molecule has 196 valence electrons. The predicted octanol–water partition coefficient (Wildman–Crippen LogP) is 5.07. The van der Waals surface area contributed by atoms with E-state index in [1.807, 2.05) is 12.1 Å². The number of ether oxygens (including phenoxy) is 2. The number of nitrogens with one attached hydrogen (secondary N) is 3. The Balaban J connectivity index is 1.61. The summed E-state index contributed by atoms with van der Waals surface area (Å²) in [5.41, 5.74) is 1.83. The molecule has 0 spiro atoms. The maximum Gasteiger partial charge on any atom is 0.413 e. The number of hydrogen-bond acceptors (Lipinski definition) is 6. The minimum atomic E-state index is -3.63. The summed E-state index contributed by atoms with van der Waals surface area (Å²) in [6.45, 7) is 12.3. The maximum atomic E-state index is 12.8. The van der Waals surface area contributed by atoms with Crippen molar-refractivity contribution in [2.75, 3.05) is 13.2 Å². The van der Waals surface area contributed by atoms with Gasteiger partial charge in [0.1, 0.15) is 17.2 Å². The normalized spacial score (nSPS) is 15.7. The minimum absolute atomic E-state index is 0.0107. The van der Waals surface area contributed by atoms with Crippen LogP contribution in [0.2, 0.25) is 0 Å². The quantitative estimate of drug-likeness (QED) is 0.335. The molecule has 1 unspecified atom stereocenters. The van der Waals surface area contributed by atoms with Gasteiger partial charge in [-0.1, -0.05) is 32.9 Å². The highest BCUT2D eigenvalue weighted by molar-refractivity contribution is 7.89. The fraction of sp³-hybridized carbons (Fsp3) is 0.481. The van der Waals surface area contributed by atoms with E-state index in [4.69, 9.17) is 14.9 Å². The molecular formula is C27H37N3O5S. The van der Waals surface area contributed by atoms with Crippen LogP contribution in [0.3, 0.4) is 0 Å². The molecule has 0 saturated heterocycles. The van der Waals surface area contributed by atoms with Crippen LogP contribution in [0.5, 0.6) is 5.75 Å². The molecule has 0 aromatic heterocycles. The molecule has 2 aromatic rings. The van der Waals surface area contributed by atoms with Crippen molar-refractivity contribution < 1.29 is 22.7 Å². The van der Waals surface area contributed by atoms with Crippen LogP contribution in [-0.2, 0) is 20.2 Å². The Bertz CT molecular complexity index is 1210. The SMILES string of the molecule is CCC(C)(C)c1ccc(S(=O)(=O)NCCC2COc3ccc(C(=N)NC(=O)OC(C)(C)C)cc32)cc1. The molecule has 1 atom stereocenters. The van der Waals surface area contributed by atoms with Gasteiger partial charge in [0.2, 0.25) is 10.0 Å². The third-order valence-corrected chi connectivity index (χ3v) is 7.90. The molecule has 0 fully saturated rings. The highest BCUT2D eigenvalue weighted by Gasteiger charge is 2.26. The summed E-state index contributed by atoms with van der Waals surface area (Å²) in [6.07, 6.45) is 0.797. The van der Waals surface area contributed by atoms with Gasteiger partial charge in [-0.3, -0.25) is 10.7 Å². The van der Waals surface area contributed by atoms with E-state index in [-0.39, 0.29) is 28.6 Å². The van der Waals surface area contributed by atoms with E-state index in [1.54, 1.807) is 51.1 Å². The molecule has 0 saturated carbocycles. The Labute approximate surface area is 214 Å². The number of fused-ring (bicyclic) bond motifs is 1. The minimum Gasteiger partial charge on any atom is -0.493 e. The molecule has 1 aliphatic rings. The number of rotatable bonds is 8. The van der Waals surface area contributed by atoms with Gasteiger partial charge >= 0.3 is 6.09 Å². The molecule has 0 aliphatic carbocycles. The Kier molecular flexibility index (Phi) is 8.15. The monoisotopic (exact) mass is 515 g/mol. The van der Waals surface area contributed by atoms with Gasteiger partial charge in [0.05, 0.1) is 11.5 Å². The molecule has 36 heavy (non-hydrogen) atoms. The van der Waals surface area contributed by atoms with Crippen molar-refractivity contribution in [3.05, 3.63) is 59.2 Å². The lowest BCUT2D eigenvalue weighted by Gasteiger charge is -2.23. The zero-order valence-corrected chi connectivity index (χ0v) is 22.7. The Morgan fingerprint density at radius 1 is 1.11 bits per heavy atom. The van der Waals surface area contributed by atoms with Gasteiger partial charge in [-0.05, 0) is 74.9 Å². The highest BCUT2D eigenvalue weighted by Crippen LogP contribution is 2.36. The van der Waals surface area contributed by atoms with Gasteiger partial charge in [-0.2, -0.15) is 0 Å². The first-order valence-electron chi connectivity index (χ1n) is 12.2. The van der Waals surface area contributed by atoms with E-state index in [2.05, 4.69) is 30.8 Å². The van der Waals surface area contributed by atoms with Crippen molar-refractivity contribution >= 4 is 22.0 Å². The van der Waals surface area contributed by atoms with Gasteiger partial charge in [0.15, 0.2) is 0 Å². The van der Waals surface area contributed by atoms with Crippen molar-refractivity contribution in [2.45, 2.75) is 76.2 Å². The lowest BCUT2D eigenvalue weighted by Crippen LogP contribution is -2.36. The van der Waals surface area contributed by atoms with Gasteiger partial charge in [-0.15, -0.1) is 0 Å². The van der Waals surface area contributed by atoms with E-state index >= 15 is 0 Å². The van der Waals surface area contributed by atoms with E-state index in [9.17, 15) is 13.2 Å². The van der Waals surface area contributed by atoms with E-state index < -0.39 is 21.7 Å². The van der Waals surface area contributed by atoms with E-state index in [0.29, 0.717) is 24.3 Å². The number of amidine groups is 1. The van der Waals surface area contributed by atoms with Crippen molar-refractivity contribution in [2.24, 2.45) is 0 Å². The Morgan fingerprint density at radius 3 is 2.39 bits per heavy atom. The smallest absolute Gasteiger partial charge is 0.413 e. The third-order valence-electron chi connectivity index (χ3n) is 6.42. The topological polar surface area (TPSA) is 118 Å². The maximum absolute atomic E-state index is 12.8. The van der Waals surface area contributed by atoms with Gasteiger partial charge in [-0.25, -0.2) is 17.9 Å². The van der Waals surface area contributed by atoms with Crippen molar-refractivity contribution in [3.63, 3.8) is 0 Å². The number of amides is 1. The van der Waals surface area contributed by atoms with Crippen LogP contribution < -0.4 is 14.8 Å². The molecule has 3 N–H and O–H groups in total. The molecule has 9 heteroatoms. The standard InChI is InChI=1S/C27H37N3O5S/c1-7-27(5,6)20-9-11-21(12-10-20)36(32,33)29-15-14-19-17-34-23-13-8-18(16-22(19)23)24(28)30-25(31)35-26(2,3)4/h8-13,16,19,29H,7,14-15,17H2,1-6H3,(H2,28,30,31). The molecule has 8 nitrogen and oxygen atoms in total. The third kappa shape index (κ3) is 6.85. The number of benzene rings is 2. The molecule has 1 aliphatic heterocycles. The Morgan fingerprint density at radius 2 is 1.78 bits per heavy atom. The fourth-order valence-electron chi connectivity index (χ4n) is 3.89. The summed E-state index contributed by atoms with van der Waals surface area (Å²) in [5, 5.41) is 10.7. The van der Waals surface area contributed by atoms with Gasteiger partial charge in [0, 0.05) is 23.6 Å². The van der Waals surface area contributed by atoms with Crippen LogP contribution in [0.25, 0.3) is 0 Å². The number of sulfonamides is 1. The number of carbonyl (C=O) groups is 1. The summed E-state index contributed by atoms with van der Waals surface area (Å²) >= 11 is 0. The second kappa shape index (κ2) is 10.6. The van der Waals surface area contributed by atoms with Gasteiger partial charge < -0.3 is 9.47 Å². The summed E-state index contributed by atoms with van der Waals surface area (Å²) in [7, 11) is -3.63. The summed E-state index contributed by atoms with van der Waals surface area (Å²) in [5.74, 6) is 0.587. The summed E-state index contributed by atoms with van der Waals surface area (Å²) in [6, 6.07) is 12.3. The fourth-order valence-corrected chi connectivity index (χ4v) is 4.94. The molecule has 2 aromatic carbocycles. The highest BCUT2D eigenvalue weighted by atomic mass is 32.2. The Hall–Kier alpha value is -2.91. The van der Waals surface area contributed by atoms with E-state index in [0.717, 1.165) is 17.5 Å². The lowest BCUT2D eigenvalue weighted by atomic mass is 9.82. The predicted molar refractivity (Wildman–Crippen MR) is 140 cm³/mol. The van der Waals surface area contributed by atoms with Crippen LogP contribution in [0.15, 0.2) is 47.4 Å². The molecular weight excluding hydrogens is 478 g/mol. The zero-order valence-electron chi connectivity index (χ0n) is 21.9. The summed E-state index contributed by atoms with van der Waals surface area (Å²) < 4.78 is 39.3. The first-order chi connectivity index (χ1) is 16.7.